The van der Waals surface area contributed by atoms with Crippen LogP contribution in [-0.2, 0) is 12.8 Å². The van der Waals surface area contributed by atoms with Gasteiger partial charge < -0.3 is 5.11 Å². The quantitative estimate of drug-likeness (QED) is 0.581. The lowest BCUT2D eigenvalue weighted by Gasteiger charge is -2.07. The highest BCUT2D eigenvalue weighted by atomic mass is 16.2. The van der Waals surface area contributed by atoms with Gasteiger partial charge in [0, 0.05) is 24.1 Å². The Balaban J connectivity index is 1.79. The number of aliphatic hydroxyl groups is 1. The monoisotopic (exact) mass is 327 g/mol. The highest BCUT2D eigenvalue weighted by Gasteiger charge is 2.21. The number of aliphatic hydroxyl groups excluding tert-OH is 1. The first-order valence-corrected chi connectivity index (χ1v) is 8.64. The normalized spacial score (nSPS) is 15.8. The predicted molar refractivity (Wildman–Crippen MR) is 106 cm³/mol. The van der Waals surface area contributed by atoms with Crippen molar-refractivity contribution < 1.29 is 5.11 Å². The molecule has 0 unspecified atom stereocenters. The molecule has 3 aromatic rings. The second-order valence-electron chi connectivity index (χ2n) is 6.73. The summed E-state index contributed by atoms with van der Waals surface area (Å²) in [6, 6.07) is 18.9. The van der Waals surface area contributed by atoms with Crippen molar-refractivity contribution in [1.29, 1.82) is 0 Å². The van der Waals surface area contributed by atoms with Crippen molar-refractivity contribution in [3.8, 4) is 0 Å². The van der Waals surface area contributed by atoms with Crippen molar-refractivity contribution in [2.24, 2.45) is 4.99 Å². The van der Waals surface area contributed by atoms with E-state index in [1.54, 1.807) is 0 Å². The zero-order valence-corrected chi connectivity index (χ0v) is 14.6. The highest BCUT2D eigenvalue weighted by Crippen LogP contribution is 2.33. The van der Waals surface area contributed by atoms with Gasteiger partial charge in [0.2, 0.25) is 0 Å². The number of aryl methyl sites for hydroxylation is 1. The molecule has 0 saturated heterocycles. The minimum atomic E-state index is 0.831. The molecular formula is C23H21NO. The van der Waals surface area contributed by atoms with Gasteiger partial charge in [-0.3, -0.25) is 4.99 Å². The van der Waals surface area contributed by atoms with Crippen LogP contribution in [0, 0.1) is 6.92 Å². The van der Waals surface area contributed by atoms with Gasteiger partial charge >= 0.3 is 0 Å². The summed E-state index contributed by atoms with van der Waals surface area (Å²) in [5.74, 6) is 0. The number of hydrogen-bond acceptors (Lipinski definition) is 2. The lowest BCUT2D eigenvalue weighted by molar-refractivity contribution is 0.475. The Morgan fingerprint density at radius 2 is 1.72 bits per heavy atom. The fourth-order valence-electron chi connectivity index (χ4n) is 3.76. The fourth-order valence-corrected chi connectivity index (χ4v) is 3.76. The molecule has 2 nitrogen and oxygen atoms in total. The van der Waals surface area contributed by atoms with Crippen molar-refractivity contribution in [1.82, 2.24) is 0 Å². The summed E-state index contributed by atoms with van der Waals surface area (Å²) in [4.78, 5) is 4.95. The zero-order chi connectivity index (χ0) is 17.4. The van der Waals surface area contributed by atoms with Crippen LogP contribution < -0.4 is 0 Å². The van der Waals surface area contributed by atoms with Gasteiger partial charge in [0.05, 0.1) is 11.9 Å². The molecule has 25 heavy (non-hydrogen) atoms. The average Bonchev–Trinajstić information content (AvgIpc) is 3.06. The molecule has 0 bridgehead atoms. The van der Waals surface area contributed by atoms with Gasteiger partial charge in [-0.1, -0.05) is 48.5 Å². The van der Waals surface area contributed by atoms with Crippen molar-refractivity contribution in [3.63, 3.8) is 0 Å². The maximum Gasteiger partial charge on any atom is 0.0827 e. The predicted octanol–water partition coefficient (Wildman–Crippen LogP) is 5.94. The van der Waals surface area contributed by atoms with Crippen LogP contribution in [0.25, 0.3) is 16.3 Å². The van der Waals surface area contributed by atoms with E-state index in [0.29, 0.717) is 0 Å². The van der Waals surface area contributed by atoms with Crippen LogP contribution in [0.1, 0.15) is 29.2 Å². The summed E-state index contributed by atoms with van der Waals surface area (Å²) in [6.07, 6.45) is 2.95. The summed E-state index contributed by atoms with van der Waals surface area (Å²) in [7, 11) is 0. The summed E-state index contributed by atoms with van der Waals surface area (Å²) in [5, 5.41) is 12.0. The van der Waals surface area contributed by atoms with Crippen LogP contribution in [0.4, 0.5) is 5.69 Å². The summed E-state index contributed by atoms with van der Waals surface area (Å²) in [5.41, 5.74) is 8.11. The molecule has 0 fully saturated rings. The lowest BCUT2D eigenvalue weighted by Crippen LogP contribution is -1.96. The number of para-hydroxylation sites is 1. The molecule has 3 aromatic carbocycles. The van der Waals surface area contributed by atoms with Gasteiger partial charge in [-0.2, -0.15) is 0 Å². The Hall–Kier alpha value is -2.87. The zero-order valence-electron chi connectivity index (χ0n) is 14.6. The smallest absolute Gasteiger partial charge is 0.0827 e. The van der Waals surface area contributed by atoms with Gasteiger partial charge in [0.15, 0.2) is 0 Å². The van der Waals surface area contributed by atoms with E-state index in [2.05, 4.69) is 37.3 Å². The van der Waals surface area contributed by atoms with E-state index in [1.165, 1.54) is 33.2 Å². The van der Waals surface area contributed by atoms with Crippen LogP contribution in [0.3, 0.4) is 0 Å². The third-order valence-electron chi connectivity index (χ3n) is 5.06. The molecule has 0 spiro atoms. The first-order valence-electron chi connectivity index (χ1n) is 8.64. The SMILES string of the molecule is C/C(=C/O)c1ccccc1N=C1Cc2c(C)cc3ccccc3c2C1. The van der Waals surface area contributed by atoms with Gasteiger partial charge in [0.1, 0.15) is 0 Å². The number of allylic oxidation sites excluding steroid dienone is 1. The van der Waals surface area contributed by atoms with Gasteiger partial charge in [-0.25, -0.2) is 0 Å². The Morgan fingerprint density at radius 3 is 2.56 bits per heavy atom. The van der Waals surface area contributed by atoms with E-state index >= 15 is 0 Å². The van der Waals surface area contributed by atoms with Gasteiger partial charge in [-0.15, -0.1) is 0 Å². The van der Waals surface area contributed by atoms with Crippen molar-refractivity contribution in [2.75, 3.05) is 0 Å². The number of nitrogens with zero attached hydrogens (tertiary/aromatic N) is 1. The molecule has 0 heterocycles. The Kier molecular flexibility index (Phi) is 3.89. The molecule has 124 valence electrons. The van der Waals surface area contributed by atoms with E-state index < -0.39 is 0 Å². The molecular weight excluding hydrogens is 306 g/mol. The van der Waals surface area contributed by atoms with E-state index in [1.807, 2.05) is 31.2 Å². The van der Waals surface area contributed by atoms with Crippen molar-refractivity contribution in [2.45, 2.75) is 26.7 Å². The van der Waals surface area contributed by atoms with Crippen molar-refractivity contribution in [3.05, 3.63) is 83.1 Å². The molecule has 0 aliphatic heterocycles. The molecule has 4 rings (SSSR count). The molecule has 1 aliphatic rings. The minimum Gasteiger partial charge on any atom is -0.515 e. The molecule has 0 amide bonds. The van der Waals surface area contributed by atoms with Crippen molar-refractivity contribution >= 4 is 27.7 Å². The molecule has 0 atom stereocenters. The number of fused-ring (bicyclic) bond motifs is 3. The maximum atomic E-state index is 9.36. The van der Waals surface area contributed by atoms with Crippen LogP contribution in [0.2, 0.25) is 0 Å². The third kappa shape index (κ3) is 2.74. The maximum absolute atomic E-state index is 9.36. The topological polar surface area (TPSA) is 32.6 Å². The first kappa shape index (κ1) is 15.6. The summed E-state index contributed by atoms with van der Waals surface area (Å²) >= 11 is 0. The summed E-state index contributed by atoms with van der Waals surface area (Å²) in [6.45, 7) is 4.10. The number of hydrogen-bond donors (Lipinski definition) is 1. The van der Waals surface area contributed by atoms with Crippen LogP contribution in [0.5, 0.6) is 0 Å². The largest absolute Gasteiger partial charge is 0.515 e. The van der Waals surface area contributed by atoms with E-state index in [0.717, 1.165) is 35.9 Å². The van der Waals surface area contributed by atoms with E-state index in [-0.39, 0.29) is 0 Å². The van der Waals surface area contributed by atoms with Crippen LogP contribution in [-0.4, -0.2) is 10.8 Å². The number of aliphatic imine (C=N–C) groups is 1. The molecule has 0 radical (unpaired) electrons. The number of benzene rings is 3. The number of rotatable bonds is 2. The second kappa shape index (κ2) is 6.21. The second-order valence-corrected chi connectivity index (χ2v) is 6.73. The van der Waals surface area contributed by atoms with E-state index in [9.17, 15) is 5.11 Å². The molecule has 0 saturated carbocycles. The fraction of sp³-hybridized carbons (Fsp3) is 0.174. The Morgan fingerprint density at radius 1 is 1.00 bits per heavy atom. The van der Waals surface area contributed by atoms with E-state index in [4.69, 9.17) is 4.99 Å². The first-order chi connectivity index (χ1) is 12.2. The lowest BCUT2D eigenvalue weighted by atomic mass is 9.97. The minimum absolute atomic E-state index is 0.831. The van der Waals surface area contributed by atoms with Crippen LogP contribution in [0.15, 0.2) is 65.9 Å². The third-order valence-corrected chi connectivity index (χ3v) is 5.06. The van der Waals surface area contributed by atoms with Gasteiger partial charge in [-0.05, 0) is 52.9 Å². The molecule has 0 aromatic heterocycles. The summed E-state index contributed by atoms with van der Waals surface area (Å²) < 4.78 is 0. The molecule has 2 heteroatoms. The highest BCUT2D eigenvalue weighted by molar-refractivity contribution is 6.01. The van der Waals surface area contributed by atoms with Crippen LogP contribution >= 0.6 is 0 Å². The Bertz CT molecular complexity index is 1030. The molecule has 1 aliphatic carbocycles. The molecule has 1 N–H and O–H groups in total. The standard InChI is InChI=1S/C23H21NO/c1-15-11-17-7-3-4-9-20(17)22-13-18(12-21(15)22)24-23-10-6-5-8-19(23)16(2)14-25/h3-11,14,25H,12-13H2,1-2H3/b16-14-,24-18?. The van der Waals surface area contributed by atoms with Gasteiger partial charge in [0.25, 0.3) is 0 Å². The average molecular weight is 327 g/mol. The Labute approximate surface area is 148 Å².